The van der Waals surface area contributed by atoms with E-state index in [9.17, 15) is 0 Å². The highest BCUT2D eigenvalue weighted by Gasteiger charge is 2.44. The van der Waals surface area contributed by atoms with Crippen molar-refractivity contribution in [3.63, 3.8) is 0 Å². The lowest BCUT2D eigenvalue weighted by atomic mass is 9.92. The van der Waals surface area contributed by atoms with Crippen molar-refractivity contribution in [3.05, 3.63) is 29.8 Å². The Morgan fingerprint density at radius 3 is 2.69 bits per heavy atom. The second-order valence-corrected chi connectivity index (χ2v) is 4.89. The second kappa shape index (κ2) is 4.44. The quantitative estimate of drug-likeness (QED) is 0.588. The molecule has 1 saturated carbocycles. The van der Waals surface area contributed by atoms with Gasteiger partial charge in [0, 0.05) is 6.04 Å². The third kappa shape index (κ3) is 2.20. The molecule has 1 aromatic carbocycles. The predicted octanol–water partition coefficient (Wildman–Crippen LogP) is 1.87. The fraction of sp³-hybridized carbons (Fsp3) is 0.538. The molecule has 1 aliphatic rings. The summed E-state index contributed by atoms with van der Waals surface area (Å²) < 4.78 is 5.36. The minimum atomic E-state index is 0.337. The highest BCUT2D eigenvalue weighted by atomic mass is 16.5. The fourth-order valence-corrected chi connectivity index (χ4v) is 2.14. The molecule has 88 valence electrons. The number of hydrogen-bond acceptors (Lipinski definition) is 3. The molecule has 0 heterocycles. The maximum absolute atomic E-state index is 5.65. The zero-order chi connectivity index (χ0) is 11.6. The Morgan fingerprint density at radius 2 is 2.12 bits per heavy atom. The van der Waals surface area contributed by atoms with Crippen molar-refractivity contribution in [2.24, 2.45) is 11.3 Å². The van der Waals surface area contributed by atoms with E-state index in [2.05, 4.69) is 18.4 Å². The molecule has 0 spiro atoms. The molecule has 1 fully saturated rings. The maximum Gasteiger partial charge on any atom is 0.122 e. The van der Waals surface area contributed by atoms with E-state index in [1.54, 1.807) is 7.11 Å². The number of benzene rings is 1. The first-order valence-corrected chi connectivity index (χ1v) is 5.77. The molecule has 0 amide bonds. The van der Waals surface area contributed by atoms with Gasteiger partial charge in [0.25, 0.3) is 0 Å². The highest BCUT2D eigenvalue weighted by Crippen LogP contribution is 2.49. The molecule has 3 heteroatoms. The van der Waals surface area contributed by atoms with Gasteiger partial charge < -0.3 is 4.74 Å². The van der Waals surface area contributed by atoms with Crippen LogP contribution in [0.4, 0.5) is 0 Å². The van der Waals surface area contributed by atoms with Gasteiger partial charge in [0.2, 0.25) is 0 Å². The van der Waals surface area contributed by atoms with E-state index < -0.39 is 0 Å². The van der Waals surface area contributed by atoms with E-state index >= 15 is 0 Å². The van der Waals surface area contributed by atoms with Crippen molar-refractivity contribution in [1.29, 1.82) is 0 Å². The van der Waals surface area contributed by atoms with Gasteiger partial charge in [-0.2, -0.15) is 0 Å². The normalized spacial score (nSPS) is 19.2. The van der Waals surface area contributed by atoms with Crippen LogP contribution in [0.15, 0.2) is 24.3 Å². The molecule has 16 heavy (non-hydrogen) atoms. The van der Waals surface area contributed by atoms with Gasteiger partial charge in [0.1, 0.15) is 5.75 Å². The molecule has 3 nitrogen and oxygen atoms in total. The SMILES string of the molecule is COc1ccccc1CC(NN)C1(C)CC1. The number of hydrogen-bond donors (Lipinski definition) is 2. The summed E-state index contributed by atoms with van der Waals surface area (Å²) in [5, 5.41) is 0. The van der Waals surface area contributed by atoms with Gasteiger partial charge in [-0.05, 0) is 36.3 Å². The van der Waals surface area contributed by atoms with E-state index in [-0.39, 0.29) is 0 Å². The van der Waals surface area contributed by atoms with Crippen LogP contribution in [-0.4, -0.2) is 13.2 Å². The Morgan fingerprint density at radius 1 is 1.44 bits per heavy atom. The minimum absolute atomic E-state index is 0.337. The number of methoxy groups -OCH3 is 1. The average Bonchev–Trinajstić information content (AvgIpc) is 3.05. The van der Waals surface area contributed by atoms with Crippen LogP contribution < -0.4 is 16.0 Å². The number of hydrazine groups is 1. The van der Waals surface area contributed by atoms with Gasteiger partial charge in [-0.25, -0.2) is 0 Å². The molecule has 0 saturated heterocycles. The van der Waals surface area contributed by atoms with Crippen LogP contribution in [0.1, 0.15) is 25.3 Å². The Kier molecular flexibility index (Phi) is 3.17. The summed E-state index contributed by atoms with van der Waals surface area (Å²) >= 11 is 0. The van der Waals surface area contributed by atoms with Crippen molar-refractivity contribution < 1.29 is 4.74 Å². The number of rotatable bonds is 5. The third-order valence-electron chi connectivity index (χ3n) is 3.70. The van der Waals surface area contributed by atoms with Crippen molar-refractivity contribution in [1.82, 2.24) is 5.43 Å². The summed E-state index contributed by atoms with van der Waals surface area (Å²) in [6.45, 7) is 2.28. The molecule has 1 unspecified atom stereocenters. The lowest BCUT2D eigenvalue weighted by Gasteiger charge is -2.23. The highest BCUT2D eigenvalue weighted by molar-refractivity contribution is 5.34. The summed E-state index contributed by atoms with van der Waals surface area (Å²) in [6.07, 6.45) is 3.45. The van der Waals surface area contributed by atoms with Crippen LogP contribution in [0, 0.1) is 5.41 Å². The molecule has 0 radical (unpaired) electrons. The summed E-state index contributed by atoms with van der Waals surface area (Å²) in [6, 6.07) is 8.48. The van der Waals surface area contributed by atoms with Gasteiger partial charge >= 0.3 is 0 Å². The Balaban J connectivity index is 2.12. The van der Waals surface area contributed by atoms with Gasteiger partial charge in [0.05, 0.1) is 7.11 Å². The molecule has 1 aromatic rings. The monoisotopic (exact) mass is 220 g/mol. The molecule has 3 N–H and O–H groups in total. The molecule has 1 aliphatic carbocycles. The molecule has 0 aromatic heterocycles. The lowest BCUT2D eigenvalue weighted by Crippen LogP contribution is -2.42. The van der Waals surface area contributed by atoms with Gasteiger partial charge in [-0.3, -0.25) is 11.3 Å². The standard InChI is InChI=1S/C13H20N2O/c1-13(7-8-13)12(15-14)9-10-5-3-4-6-11(10)16-2/h3-6,12,15H,7-9,14H2,1-2H3. The van der Waals surface area contributed by atoms with Crippen molar-refractivity contribution in [2.45, 2.75) is 32.2 Å². The first kappa shape index (κ1) is 11.4. The van der Waals surface area contributed by atoms with Gasteiger partial charge in [-0.15, -0.1) is 0 Å². The number of nitrogens with two attached hydrogens (primary N) is 1. The summed E-state index contributed by atoms with van der Waals surface area (Å²) in [7, 11) is 1.71. The summed E-state index contributed by atoms with van der Waals surface area (Å²) in [5.74, 6) is 6.60. The Labute approximate surface area is 97.0 Å². The van der Waals surface area contributed by atoms with Crippen LogP contribution in [0.2, 0.25) is 0 Å². The van der Waals surface area contributed by atoms with E-state index in [4.69, 9.17) is 10.6 Å². The first-order valence-electron chi connectivity index (χ1n) is 5.77. The first-order chi connectivity index (χ1) is 7.69. The van der Waals surface area contributed by atoms with E-state index in [1.165, 1.54) is 18.4 Å². The Hall–Kier alpha value is -1.06. The van der Waals surface area contributed by atoms with E-state index in [0.29, 0.717) is 11.5 Å². The maximum atomic E-state index is 5.65. The minimum Gasteiger partial charge on any atom is -0.496 e. The van der Waals surface area contributed by atoms with Crippen molar-refractivity contribution >= 4 is 0 Å². The molecule has 1 atom stereocenters. The molecular formula is C13H20N2O. The molecular weight excluding hydrogens is 200 g/mol. The third-order valence-corrected chi connectivity index (χ3v) is 3.70. The van der Waals surface area contributed by atoms with Crippen LogP contribution in [0.5, 0.6) is 5.75 Å². The van der Waals surface area contributed by atoms with Crippen LogP contribution >= 0.6 is 0 Å². The van der Waals surface area contributed by atoms with E-state index in [0.717, 1.165) is 12.2 Å². The topological polar surface area (TPSA) is 47.3 Å². The van der Waals surface area contributed by atoms with Crippen LogP contribution in [-0.2, 0) is 6.42 Å². The number of para-hydroxylation sites is 1. The van der Waals surface area contributed by atoms with Crippen LogP contribution in [0.25, 0.3) is 0 Å². The van der Waals surface area contributed by atoms with Crippen LogP contribution in [0.3, 0.4) is 0 Å². The fourth-order valence-electron chi connectivity index (χ4n) is 2.14. The molecule has 0 bridgehead atoms. The number of nitrogens with one attached hydrogen (secondary N) is 1. The molecule has 0 aliphatic heterocycles. The summed E-state index contributed by atoms with van der Waals surface area (Å²) in [4.78, 5) is 0. The van der Waals surface area contributed by atoms with E-state index in [1.807, 2.05) is 18.2 Å². The average molecular weight is 220 g/mol. The summed E-state index contributed by atoms with van der Waals surface area (Å²) in [5.41, 5.74) is 4.54. The second-order valence-electron chi connectivity index (χ2n) is 4.89. The Bertz CT molecular complexity index is 361. The van der Waals surface area contributed by atoms with Gasteiger partial charge in [0.15, 0.2) is 0 Å². The smallest absolute Gasteiger partial charge is 0.122 e. The van der Waals surface area contributed by atoms with Crippen molar-refractivity contribution in [2.75, 3.05) is 7.11 Å². The predicted molar refractivity (Wildman–Crippen MR) is 65.2 cm³/mol. The largest absolute Gasteiger partial charge is 0.496 e. The van der Waals surface area contributed by atoms with Gasteiger partial charge in [-0.1, -0.05) is 25.1 Å². The van der Waals surface area contributed by atoms with Crippen molar-refractivity contribution in [3.8, 4) is 5.75 Å². The molecule has 2 rings (SSSR count). The zero-order valence-corrected chi connectivity index (χ0v) is 9.99. The zero-order valence-electron chi connectivity index (χ0n) is 9.99. The number of ether oxygens (including phenoxy) is 1. The lowest BCUT2D eigenvalue weighted by molar-refractivity contribution is 0.350.